The van der Waals surface area contributed by atoms with Crippen LogP contribution in [-0.4, -0.2) is 80.0 Å². The molecule has 0 bridgehead atoms. The van der Waals surface area contributed by atoms with Crippen molar-refractivity contribution in [2.75, 3.05) is 20.1 Å². The molecule has 5 rings (SSSR count). The number of rotatable bonds is 7. The maximum absolute atomic E-state index is 13.9. The van der Waals surface area contributed by atoms with Gasteiger partial charge in [-0.1, -0.05) is 49.4 Å². The van der Waals surface area contributed by atoms with Crippen LogP contribution in [0.25, 0.3) is 0 Å². The minimum atomic E-state index is -0.779. The first-order valence-electron chi connectivity index (χ1n) is 13.2. The van der Waals surface area contributed by atoms with Crippen molar-refractivity contribution in [3.05, 3.63) is 95.8 Å². The van der Waals surface area contributed by atoms with Crippen molar-refractivity contribution in [2.24, 2.45) is 0 Å². The van der Waals surface area contributed by atoms with Gasteiger partial charge in [0.25, 0.3) is 0 Å². The average Bonchev–Trinajstić information content (AvgIpc) is 2.93. The topological polar surface area (TPSA) is 97.3 Å². The van der Waals surface area contributed by atoms with E-state index in [-0.39, 0.29) is 55.3 Å². The molecule has 1 N–H and O–H groups in total. The van der Waals surface area contributed by atoms with Crippen molar-refractivity contribution in [2.45, 2.75) is 44.4 Å². The van der Waals surface area contributed by atoms with Crippen LogP contribution < -0.4 is 0 Å². The standard InChI is InChI=1S/C30H33N5O4/c1-21(24-6-4-3-5-7-24)16-28(37)35-27-19-33(18-23-12-14-31-15-13-23)30(39)26(34(27)29(38)20-32(35)2)17-22-8-10-25(36)11-9-22/h3-15,21,26-27,36H,16-20H2,1-2H3/t21-,26-,27?/m0/s1. The fourth-order valence-corrected chi connectivity index (χ4v) is 5.53. The second-order valence-electron chi connectivity index (χ2n) is 10.3. The van der Waals surface area contributed by atoms with Gasteiger partial charge in [0.05, 0.1) is 13.1 Å². The van der Waals surface area contributed by atoms with Gasteiger partial charge >= 0.3 is 0 Å². The van der Waals surface area contributed by atoms with E-state index in [1.54, 1.807) is 63.5 Å². The van der Waals surface area contributed by atoms with Crippen LogP contribution in [0.2, 0.25) is 0 Å². The fourth-order valence-electron chi connectivity index (χ4n) is 5.53. The Balaban J connectivity index is 1.47. The van der Waals surface area contributed by atoms with Crippen LogP contribution in [0.1, 0.15) is 36.0 Å². The molecule has 9 nitrogen and oxygen atoms in total. The van der Waals surface area contributed by atoms with Crippen LogP contribution in [0.5, 0.6) is 5.75 Å². The van der Waals surface area contributed by atoms with Crippen LogP contribution in [0, 0.1) is 0 Å². The van der Waals surface area contributed by atoms with Crippen molar-refractivity contribution < 1.29 is 19.5 Å². The number of amides is 3. The SMILES string of the molecule is C[C@@H](CC(=O)N1C2CN(Cc3ccncc3)C(=O)[C@H](Cc3ccc(O)cc3)N2C(=O)CN1C)c1ccccc1. The summed E-state index contributed by atoms with van der Waals surface area (Å²) in [5.41, 5.74) is 2.81. The van der Waals surface area contributed by atoms with E-state index in [2.05, 4.69) is 4.98 Å². The van der Waals surface area contributed by atoms with Gasteiger partial charge in [-0.05, 0) is 46.9 Å². The minimum absolute atomic E-state index is 0.00563. The van der Waals surface area contributed by atoms with Gasteiger partial charge in [-0.3, -0.25) is 24.4 Å². The van der Waals surface area contributed by atoms with E-state index in [1.165, 1.54) is 0 Å². The van der Waals surface area contributed by atoms with Crippen molar-refractivity contribution in [1.29, 1.82) is 0 Å². The zero-order chi connectivity index (χ0) is 27.5. The summed E-state index contributed by atoms with van der Waals surface area (Å²) in [6.45, 7) is 2.58. The van der Waals surface area contributed by atoms with Crippen LogP contribution in [0.4, 0.5) is 0 Å². The number of carbonyl (C=O) groups is 3. The van der Waals surface area contributed by atoms with Crippen LogP contribution >= 0.6 is 0 Å². The number of phenolic OH excluding ortho intramolecular Hbond substituents is 1. The summed E-state index contributed by atoms with van der Waals surface area (Å²) in [4.78, 5) is 48.5. The number of pyridine rings is 1. The number of hydrazine groups is 1. The van der Waals surface area contributed by atoms with Crippen molar-refractivity contribution in [3.63, 3.8) is 0 Å². The molecule has 2 aromatic carbocycles. The smallest absolute Gasteiger partial charge is 0.246 e. The molecular weight excluding hydrogens is 494 g/mol. The number of phenols is 1. The molecule has 202 valence electrons. The number of hydrogen-bond acceptors (Lipinski definition) is 6. The molecule has 2 aliphatic rings. The van der Waals surface area contributed by atoms with Gasteiger partial charge in [-0.15, -0.1) is 0 Å². The third kappa shape index (κ3) is 5.63. The number of aromatic nitrogens is 1. The number of benzene rings is 2. The van der Waals surface area contributed by atoms with Gasteiger partial charge in [-0.25, -0.2) is 5.01 Å². The Labute approximate surface area is 228 Å². The lowest BCUT2D eigenvalue weighted by molar-refractivity contribution is -0.203. The lowest BCUT2D eigenvalue weighted by atomic mass is 9.96. The maximum Gasteiger partial charge on any atom is 0.246 e. The fraction of sp³-hybridized carbons (Fsp3) is 0.333. The van der Waals surface area contributed by atoms with Gasteiger partial charge < -0.3 is 14.9 Å². The summed E-state index contributed by atoms with van der Waals surface area (Å²) < 4.78 is 0. The van der Waals surface area contributed by atoms with E-state index in [9.17, 15) is 19.5 Å². The van der Waals surface area contributed by atoms with E-state index in [0.29, 0.717) is 6.54 Å². The summed E-state index contributed by atoms with van der Waals surface area (Å²) in [5.74, 6) is -0.338. The summed E-state index contributed by atoms with van der Waals surface area (Å²) in [6.07, 6.45) is 3.29. The third-order valence-electron chi connectivity index (χ3n) is 7.53. The molecule has 3 amide bonds. The molecule has 39 heavy (non-hydrogen) atoms. The summed E-state index contributed by atoms with van der Waals surface area (Å²) in [5, 5.41) is 13.1. The molecule has 9 heteroatoms. The van der Waals surface area contributed by atoms with Gasteiger partial charge in [0.1, 0.15) is 18.0 Å². The van der Waals surface area contributed by atoms with E-state index >= 15 is 0 Å². The molecule has 3 heterocycles. The summed E-state index contributed by atoms with van der Waals surface area (Å²) >= 11 is 0. The van der Waals surface area contributed by atoms with E-state index in [0.717, 1.165) is 16.7 Å². The van der Waals surface area contributed by atoms with Crippen molar-refractivity contribution >= 4 is 17.7 Å². The molecule has 0 saturated carbocycles. The molecule has 0 aliphatic carbocycles. The Morgan fingerprint density at radius 3 is 2.38 bits per heavy atom. The van der Waals surface area contributed by atoms with E-state index in [4.69, 9.17) is 0 Å². The Morgan fingerprint density at radius 2 is 1.69 bits per heavy atom. The molecule has 1 aromatic heterocycles. The highest BCUT2D eigenvalue weighted by molar-refractivity contribution is 5.92. The lowest BCUT2D eigenvalue weighted by Gasteiger charge is -2.54. The predicted octanol–water partition coefficient (Wildman–Crippen LogP) is 2.78. The first-order chi connectivity index (χ1) is 18.8. The zero-order valence-corrected chi connectivity index (χ0v) is 22.2. The zero-order valence-electron chi connectivity index (χ0n) is 22.2. The molecular formula is C30H33N5O4. The highest BCUT2D eigenvalue weighted by Gasteiger charge is 2.50. The lowest BCUT2D eigenvalue weighted by Crippen LogP contribution is -2.75. The third-order valence-corrected chi connectivity index (χ3v) is 7.53. The number of hydrogen-bond donors (Lipinski definition) is 1. The normalized spacial score (nSPS) is 20.6. The largest absolute Gasteiger partial charge is 0.508 e. The van der Waals surface area contributed by atoms with Crippen LogP contribution in [-0.2, 0) is 27.3 Å². The molecule has 2 saturated heterocycles. The summed E-state index contributed by atoms with van der Waals surface area (Å²) in [7, 11) is 1.75. The second-order valence-corrected chi connectivity index (χ2v) is 10.3. The molecule has 3 aromatic rings. The molecule has 2 aliphatic heterocycles. The highest BCUT2D eigenvalue weighted by Crippen LogP contribution is 2.30. The minimum Gasteiger partial charge on any atom is -0.508 e. The van der Waals surface area contributed by atoms with Crippen molar-refractivity contribution in [1.82, 2.24) is 24.8 Å². The Hall–Kier alpha value is -4.24. The van der Waals surface area contributed by atoms with Gasteiger partial charge in [0, 0.05) is 38.8 Å². The molecule has 0 radical (unpaired) electrons. The number of aromatic hydroxyl groups is 1. The predicted molar refractivity (Wildman–Crippen MR) is 145 cm³/mol. The van der Waals surface area contributed by atoms with Gasteiger partial charge in [-0.2, -0.15) is 0 Å². The maximum atomic E-state index is 13.9. The number of likely N-dealkylation sites (N-methyl/N-ethyl adjacent to an activating group) is 1. The molecule has 2 fully saturated rings. The van der Waals surface area contributed by atoms with Gasteiger partial charge in [0.2, 0.25) is 17.7 Å². The highest BCUT2D eigenvalue weighted by atomic mass is 16.3. The number of nitrogens with zero attached hydrogens (tertiary/aromatic N) is 5. The van der Waals surface area contributed by atoms with Crippen LogP contribution in [0.3, 0.4) is 0 Å². The molecule has 0 spiro atoms. The average molecular weight is 528 g/mol. The van der Waals surface area contributed by atoms with E-state index in [1.807, 2.05) is 49.4 Å². The van der Waals surface area contributed by atoms with Gasteiger partial charge in [0.15, 0.2) is 0 Å². The van der Waals surface area contributed by atoms with Crippen molar-refractivity contribution in [3.8, 4) is 5.75 Å². The van der Waals surface area contributed by atoms with Crippen LogP contribution in [0.15, 0.2) is 79.1 Å². The molecule has 1 unspecified atom stereocenters. The van der Waals surface area contributed by atoms with E-state index < -0.39 is 12.2 Å². The quantitative estimate of drug-likeness (QED) is 0.508. The summed E-state index contributed by atoms with van der Waals surface area (Å²) in [6, 6.07) is 19.5. The number of fused-ring (bicyclic) bond motifs is 1. The monoisotopic (exact) mass is 527 g/mol. The first kappa shape index (κ1) is 26.4. The Kier molecular flexibility index (Phi) is 7.60. The first-order valence-corrected chi connectivity index (χ1v) is 13.2. The Bertz CT molecular complexity index is 1320. The second kappa shape index (κ2) is 11.2. The number of carbonyl (C=O) groups excluding carboxylic acids is 3. The Morgan fingerprint density at radius 1 is 1.00 bits per heavy atom. The number of piperazine rings is 1. The molecule has 3 atom stereocenters.